The summed E-state index contributed by atoms with van der Waals surface area (Å²) in [6.45, 7) is 3.92. The molecule has 0 saturated carbocycles. The van der Waals surface area contributed by atoms with Gasteiger partial charge in [-0.3, -0.25) is 19.9 Å². The zero-order valence-corrected chi connectivity index (χ0v) is 12.1. The number of carboxylic acids is 1. The van der Waals surface area contributed by atoms with E-state index in [1.807, 2.05) is 13.8 Å². The standard InChI is InChI=1S/C11H14BrN3O4/c1-7(2)5-14(6-10(16)17)11-8(12)3-13-4-9(11)15(18)19/h3-4,7H,5-6H2,1-2H3,(H,16,17). The Morgan fingerprint density at radius 1 is 1.58 bits per heavy atom. The second kappa shape index (κ2) is 6.46. The molecule has 0 amide bonds. The summed E-state index contributed by atoms with van der Waals surface area (Å²) < 4.78 is 0.406. The van der Waals surface area contributed by atoms with Crippen molar-refractivity contribution in [1.82, 2.24) is 4.98 Å². The fourth-order valence-electron chi connectivity index (χ4n) is 1.70. The van der Waals surface area contributed by atoms with Gasteiger partial charge in [-0.15, -0.1) is 0 Å². The number of aromatic nitrogens is 1. The van der Waals surface area contributed by atoms with Crippen molar-refractivity contribution in [2.45, 2.75) is 13.8 Å². The number of pyridine rings is 1. The highest BCUT2D eigenvalue weighted by Crippen LogP contribution is 2.34. The van der Waals surface area contributed by atoms with Crippen molar-refractivity contribution in [1.29, 1.82) is 0 Å². The Morgan fingerprint density at radius 3 is 2.68 bits per heavy atom. The first-order valence-electron chi connectivity index (χ1n) is 5.57. The lowest BCUT2D eigenvalue weighted by Gasteiger charge is -2.25. The van der Waals surface area contributed by atoms with Gasteiger partial charge < -0.3 is 10.0 Å². The quantitative estimate of drug-likeness (QED) is 0.634. The molecule has 1 N–H and O–H groups in total. The van der Waals surface area contributed by atoms with E-state index in [9.17, 15) is 14.9 Å². The first kappa shape index (κ1) is 15.4. The van der Waals surface area contributed by atoms with Gasteiger partial charge in [-0.1, -0.05) is 13.8 Å². The van der Waals surface area contributed by atoms with Crippen LogP contribution in [0.5, 0.6) is 0 Å². The fraction of sp³-hybridized carbons (Fsp3) is 0.455. The minimum absolute atomic E-state index is 0.166. The highest BCUT2D eigenvalue weighted by atomic mass is 79.9. The van der Waals surface area contributed by atoms with E-state index in [0.29, 0.717) is 11.0 Å². The monoisotopic (exact) mass is 331 g/mol. The number of halogens is 1. The largest absolute Gasteiger partial charge is 0.480 e. The van der Waals surface area contributed by atoms with Crippen LogP contribution in [0.4, 0.5) is 11.4 Å². The van der Waals surface area contributed by atoms with Gasteiger partial charge in [-0.2, -0.15) is 0 Å². The van der Waals surface area contributed by atoms with Gasteiger partial charge in [0.25, 0.3) is 0 Å². The number of carboxylic acid groups (broad SMARTS) is 1. The molecule has 1 heterocycles. The molecule has 0 atom stereocenters. The number of hydrogen-bond donors (Lipinski definition) is 1. The van der Waals surface area contributed by atoms with Crippen molar-refractivity contribution in [3.05, 3.63) is 27.0 Å². The molecule has 0 spiro atoms. The Kier molecular flexibility index (Phi) is 5.22. The van der Waals surface area contributed by atoms with E-state index in [1.54, 1.807) is 0 Å². The van der Waals surface area contributed by atoms with Gasteiger partial charge in [0.15, 0.2) is 0 Å². The maximum Gasteiger partial charge on any atom is 0.323 e. The van der Waals surface area contributed by atoms with E-state index in [0.717, 1.165) is 6.20 Å². The molecule has 0 radical (unpaired) electrons. The van der Waals surface area contributed by atoms with Gasteiger partial charge in [0.1, 0.15) is 18.4 Å². The van der Waals surface area contributed by atoms with Crippen LogP contribution in [0.3, 0.4) is 0 Å². The van der Waals surface area contributed by atoms with Gasteiger partial charge in [0.05, 0.1) is 9.40 Å². The predicted molar refractivity (Wildman–Crippen MR) is 73.3 cm³/mol. The van der Waals surface area contributed by atoms with Crippen molar-refractivity contribution in [2.75, 3.05) is 18.0 Å². The number of aliphatic carboxylic acids is 1. The molecule has 1 rings (SSSR count). The lowest BCUT2D eigenvalue weighted by molar-refractivity contribution is -0.384. The third-order valence-electron chi connectivity index (χ3n) is 2.28. The summed E-state index contributed by atoms with van der Waals surface area (Å²) in [6, 6.07) is 0. The van der Waals surface area contributed by atoms with Crippen molar-refractivity contribution >= 4 is 33.3 Å². The molecular formula is C11H14BrN3O4. The van der Waals surface area contributed by atoms with E-state index >= 15 is 0 Å². The summed E-state index contributed by atoms with van der Waals surface area (Å²) >= 11 is 3.19. The second-order valence-corrected chi connectivity index (χ2v) is 5.27. The molecule has 0 aliphatic heterocycles. The highest BCUT2D eigenvalue weighted by molar-refractivity contribution is 9.10. The molecule has 1 aromatic rings. The van der Waals surface area contributed by atoms with E-state index in [1.165, 1.54) is 11.1 Å². The average Bonchev–Trinajstić information content (AvgIpc) is 2.26. The molecule has 1 aromatic heterocycles. The molecule has 104 valence electrons. The lowest BCUT2D eigenvalue weighted by atomic mass is 10.2. The molecule has 8 heteroatoms. The Morgan fingerprint density at radius 2 is 2.21 bits per heavy atom. The highest BCUT2D eigenvalue weighted by Gasteiger charge is 2.25. The molecule has 0 fully saturated rings. The summed E-state index contributed by atoms with van der Waals surface area (Å²) in [4.78, 5) is 26.6. The zero-order chi connectivity index (χ0) is 14.6. The number of rotatable bonds is 6. The first-order valence-corrected chi connectivity index (χ1v) is 6.36. The van der Waals surface area contributed by atoms with Gasteiger partial charge in [0.2, 0.25) is 0 Å². The van der Waals surface area contributed by atoms with Crippen molar-refractivity contribution in [2.24, 2.45) is 5.92 Å². The number of nitrogens with zero attached hydrogens (tertiary/aromatic N) is 3. The number of hydrogen-bond acceptors (Lipinski definition) is 5. The topological polar surface area (TPSA) is 96.6 Å². The van der Waals surface area contributed by atoms with Gasteiger partial charge in [-0.25, -0.2) is 0 Å². The maximum atomic E-state index is 11.0. The molecule has 0 aliphatic carbocycles. The molecule has 0 aliphatic rings. The van der Waals surface area contributed by atoms with Crippen LogP contribution in [0.25, 0.3) is 0 Å². The Hall–Kier alpha value is -1.70. The van der Waals surface area contributed by atoms with Gasteiger partial charge in [0, 0.05) is 12.7 Å². The molecule has 0 bridgehead atoms. The SMILES string of the molecule is CC(C)CN(CC(=O)O)c1c(Br)cncc1[N+](=O)[O-]. The Balaban J connectivity index is 3.27. The summed E-state index contributed by atoms with van der Waals surface area (Å²) in [6.07, 6.45) is 2.53. The lowest BCUT2D eigenvalue weighted by Crippen LogP contribution is -2.33. The molecule has 19 heavy (non-hydrogen) atoms. The second-order valence-electron chi connectivity index (χ2n) is 4.41. The van der Waals surface area contributed by atoms with E-state index in [-0.39, 0.29) is 23.8 Å². The van der Waals surface area contributed by atoms with Crippen LogP contribution in [0.15, 0.2) is 16.9 Å². The van der Waals surface area contributed by atoms with Crippen molar-refractivity contribution in [3.63, 3.8) is 0 Å². The average molecular weight is 332 g/mol. The fourth-order valence-corrected chi connectivity index (χ4v) is 2.28. The zero-order valence-electron chi connectivity index (χ0n) is 10.5. The van der Waals surface area contributed by atoms with Crippen LogP contribution in [-0.2, 0) is 4.79 Å². The third kappa shape index (κ3) is 4.16. The van der Waals surface area contributed by atoms with Crippen LogP contribution in [0.2, 0.25) is 0 Å². The maximum absolute atomic E-state index is 11.0. The Bertz CT molecular complexity index is 493. The van der Waals surface area contributed by atoms with Crippen LogP contribution in [0, 0.1) is 16.0 Å². The minimum atomic E-state index is -1.04. The number of anilines is 1. The predicted octanol–water partition coefficient (Wildman–Crippen LogP) is 2.30. The summed E-state index contributed by atoms with van der Waals surface area (Å²) in [5.74, 6) is -0.877. The van der Waals surface area contributed by atoms with Crippen LogP contribution in [-0.4, -0.2) is 34.1 Å². The van der Waals surface area contributed by atoms with Crippen LogP contribution in [0.1, 0.15) is 13.8 Å². The molecular weight excluding hydrogens is 318 g/mol. The van der Waals surface area contributed by atoms with E-state index < -0.39 is 10.9 Å². The molecule has 0 aromatic carbocycles. The van der Waals surface area contributed by atoms with Gasteiger partial charge in [-0.05, 0) is 21.8 Å². The number of carbonyl (C=O) groups is 1. The molecule has 7 nitrogen and oxygen atoms in total. The van der Waals surface area contributed by atoms with Crippen molar-refractivity contribution < 1.29 is 14.8 Å². The first-order chi connectivity index (χ1) is 8.82. The smallest absolute Gasteiger partial charge is 0.323 e. The van der Waals surface area contributed by atoms with Crippen LogP contribution >= 0.6 is 15.9 Å². The third-order valence-corrected chi connectivity index (χ3v) is 2.86. The summed E-state index contributed by atoms with van der Waals surface area (Å²) in [5, 5.41) is 20.0. The minimum Gasteiger partial charge on any atom is -0.480 e. The Labute approximate surface area is 118 Å². The number of nitro groups is 1. The van der Waals surface area contributed by atoms with Crippen LogP contribution < -0.4 is 4.90 Å². The normalized spacial score (nSPS) is 10.5. The summed E-state index contributed by atoms with van der Waals surface area (Å²) in [5.41, 5.74) is 0.0346. The van der Waals surface area contributed by atoms with Crippen molar-refractivity contribution in [3.8, 4) is 0 Å². The summed E-state index contributed by atoms with van der Waals surface area (Å²) in [7, 11) is 0. The molecule has 0 saturated heterocycles. The van der Waals surface area contributed by atoms with Gasteiger partial charge >= 0.3 is 11.7 Å². The van der Waals surface area contributed by atoms with E-state index in [2.05, 4.69) is 20.9 Å². The van der Waals surface area contributed by atoms with E-state index in [4.69, 9.17) is 5.11 Å². The molecule has 0 unspecified atom stereocenters.